The van der Waals surface area contributed by atoms with E-state index in [9.17, 15) is 14.4 Å². The van der Waals surface area contributed by atoms with E-state index in [4.69, 9.17) is 14.2 Å². The van der Waals surface area contributed by atoms with Gasteiger partial charge in [-0.2, -0.15) is 0 Å². The Hall–Kier alpha value is -5.49. The Labute approximate surface area is 408 Å². The van der Waals surface area contributed by atoms with E-state index < -0.39 is 6.10 Å². The molecule has 0 saturated carbocycles. The first kappa shape index (κ1) is 61.5. The molecular weight excluding hydrogens is 829 g/mol. The third-order valence-electron chi connectivity index (χ3n) is 9.62. The summed E-state index contributed by atoms with van der Waals surface area (Å²) < 4.78 is 16.7. The molecular formula is C61H88O6. The van der Waals surface area contributed by atoms with Crippen LogP contribution in [0.25, 0.3) is 0 Å². The van der Waals surface area contributed by atoms with E-state index in [1.165, 1.54) is 0 Å². The Kier molecular flexibility index (Phi) is 48.8. The van der Waals surface area contributed by atoms with E-state index in [0.29, 0.717) is 19.3 Å². The van der Waals surface area contributed by atoms with E-state index >= 15 is 0 Å². The molecule has 0 N–H and O–H groups in total. The second kappa shape index (κ2) is 53.1. The van der Waals surface area contributed by atoms with Crippen LogP contribution in [0.15, 0.2) is 182 Å². The minimum atomic E-state index is -0.852. The summed E-state index contributed by atoms with van der Waals surface area (Å²) in [4.78, 5) is 38.0. The van der Waals surface area contributed by atoms with Crippen molar-refractivity contribution in [2.75, 3.05) is 13.2 Å². The van der Waals surface area contributed by atoms with Crippen LogP contribution in [0.1, 0.15) is 162 Å². The molecule has 0 aromatic heterocycles. The Balaban J connectivity index is 4.67. The van der Waals surface area contributed by atoms with Gasteiger partial charge in [-0.05, 0) is 96.3 Å². The van der Waals surface area contributed by atoms with Gasteiger partial charge in [0.2, 0.25) is 0 Å². The number of carbonyl (C=O) groups is 3. The molecule has 0 aromatic rings. The molecule has 0 radical (unpaired) electrons. The molecule has 368 valence electrons. The van der Waals surface area contributed by atoms with Crippen molar-refractivity contribution in [3.8, 4) is 0 Å². The van der Waals surface area contributed by atoms with Gasteiger partial charge in [-0.1, -0.05) is 229 Å². The first-order valence-corrected chi connectivity index (χ1v) is 25.4. The Morgan fingerprint density at radius 3 is 1.09 bits per heavy atom. The summed E-state index contributed by atoms with van der Waals surface area (Å²) in [5, 5.41) is 0. The lowest BCUT2D eigenvalue weighted by Crippen LogP contribution is -2.30. The Bertz CT molecular complexity index is 1670. The van der Waals surface area contributed by atoms with Crippen molar-refractivity contribution in [3.05, 3.63) is 182 Å². The monoisotopic (exact) mass is 917 g/mol. The van der Waals surface area contributed by atoms with E-state index in [-0.39, 0.29) is 44.0 Å². The van der Waals surface area contributed by atoms with Crippen LogP contribution in [0.5, 0.6) is 0 Å². The van der Waals surface area contributed by atoms with Crippen molar-refractivity contribution in [1.82, 2.24) is 0 Å². The van der Waals surface area contributed by atoms with Crippen LogP contribution >= 0.6 is 0 Å². The predicted molar refractivity (Wildman–Crippen MR) is 287 cm³/mol. The van der Waals surface area contributed by atoms with Gasteiger partial charge in [0.05, 0.1) is 0 Å². The maximum absolute atomic E-state index is 12.8. The highest BCUT2D eigenvalue weighted by Gasteiger charge is 2.19. The third-order valence-corrected chi connectivity index (χ3v) is 9.62. The van der Waals surface area contributed by atoms with Gasteiger partial charge < -0.3 is 14.2 Å². The Morgan fingerprint density at radius 2 is 0.642 bits per heavy atom. The van der Waals surface area contributed by atoms with Crippen molar-refractivity contribution < 1.29 is 28.6 Å². The molecule has 0 heterocycles. The van der Waals surface area contributed by atoms with Gasteiger partial charge in [-0.25, -0.2) is 0 Å². The van der Waals surface area contributed by atoms with Crippen LogP contribution in [0, 0.1) is 0 Å². The van der Waals surface area contributed by atoms with Crippen molar-refractivity contribution in [3.63, 3.8) is 0 Å². The molecule has 0 fully saturated rings. The topological polar surface area (TPSA) is 78.9 Å². The number of allylic oxidation sites excluding steroid dienone is 30. The highest BCUT2D eigenvalue weighted by molar-refractivity contribution is 5.71. The number of carbonyl (C=O) groups excluding carboxylic acids is 3. The van der Waals surface area contributed by atoms with Crippen LogP contribution in [0.4, 0.5) is 0 Å². The number of ether oxygens (including phenoxy) is 3. The zero-order valence-electron chi connectivity index (χ0n) is 41.8. The average molecular weight is 917 g/mol. The average Bonchev–Trinajstić information content (AvgIpc) is 3.33. The van der Waals surface area contributed by atoms with Gasteiger partial charge in [0.25, 0.3) is 0 Å². The molecule has 6 nitrogen and oxygen atoms in total. The van der Waals surface area contributed by atoms with Crippen molar-refractivity contribution in [2.24, 2.45) is 0 Å². The molecule has 0 aromatic carbocycles. The maximum atomic E-state index is 12.8. The minimum absolute atomic E-state index is 0.142. The normalized spacial score (nSPS) is 13.7. The molecule has 1 unspecified atom stereocenters. The Morgan fingerprint density at radius 1 is 0.313 bits per heavy atom. The number of hydrogen-bond acceptors (Lipinski definition) is 6. The molecule has 0 aliphatic carbocycles. The highest BCUT2D eigenvalue weighted by atomic mass is 16.6. The number of unbranched alkanes of at least 4 members (excludes halogenated alkanes) is 8. The molecule has 0 rings (SSSR count). The summed E-state index contributed by atoms with van der Waals surface area (Å²) in [6.45, 7) is 6.08. The number of hydrogen-bond donors (Lipinski definition) is 0. The van der Waals surface area contributed by atoms with Gasteiger partial charge in [0, 0.05) is 19.3 Å². The number of rotatable bonds is 42. The van der Waals surface area contributed by atoms with Gasteiger partial charge in [0.15, 0.2) is 6.10 Å². The summed E-state index contributed by atoms with van der Waals surface area (Å²) in [5.74, 6) is -1.11. The molecule has 67 heavy (non-hydrogen) atoms. The molecule has 0 aliphatic heterocycles. The van der Waals surface area contributed by atoms with E-state index in [0.717, 1.165) is 109 Å². The van der Waals surface area contributed by atoms with Crippen LogP contribution in [-0.2, 0) is 28.6 Å². The third kappa shape index (κ3) is 51.4. The lowest BCUT2D eigenvalue weighted by atomic mass is 10.1. The SMILES string of the molecule is CC\C=C/C=C\C=C/C=C\C=C/CCCCCC(=O)OC(COC(=O)CC/C=C\C/C=C\C/C=C\C/C=C\C/C=C\C/C=C\CC)COC(=O)CCCCCCC\C=C/C=C\C=C/C=C\CC. The summed E-state index contributed by atoms with van der Waals surface area (Å²) >= 11 is 0. The molecule has 0 amide bonds. The first-order chi connectivity index (χ1) is 33.0. The fraction of sp³-hybridized carbons (Fsp3) is 0.459. The first-order valence-electron chi connectivity index (χ1n) is 25.4. The summed E-state index contributed by atoms with van der Waals surface area (Å²) in [6, 6.07) is 0. The molecule has 0 aliphatic rings. The number of esters is 3. The molecule has 0 spiro atoms. The lowest BCUT2D eigenvalue weighted by Gasteiger charge is -2.18. The van der Waals surface area contributed by atoms with Gasteiger partial charge in [-0.15, -0.1) is 0 Å². The van der Waals surface area contributed by atoms with Crippen LogP contribution in [0.2, 0.25) is 0 Å². The zero-order chi connectivity index (χ0) is 48.6. The van der Waals surface area contributed by atoms with E-state index in [2.05, 4.69) is 118 Å². The van der Waals surface area contributed by atoms with Gasteiger partial charge in [0.1, 0.15) is 13.2 Å². The lowest BCUT2D eigenvalue weighted by molar-refractivity contribution is -0.166. The molecule has 0 bridgehead atoms. The quantitative estimate of drug-likeness (QED) is 0.0200. The molecule has 6 heteroatoms. The van der Waals surface area contributed by atoms with Crippen LogP contribution < -0.4 is 0 Å². The van der Waals surface area contributed by atoms with Gasteiger partial charge in [-0.3, -0.25) is 14.4 Å². The smallest absolute Gasteiger partial charge is 0.306 e. The summed E-state index contributed by atoms with van der Waals surface area (Å²) in [7, 11) is 0. The zero-order valence-corrected chi connectivity index (χ0v) is 41.8. The van der Waals surface area contributed by atoms with Crippen molar-refractivity contribution >= 4 is 17.9 Å². The predicted octanol–water partition coefficient (Wildman–Crippen LogP) is 17.0. The van der Waals surface area contributed by atoms with Crippen molar-refractivity contribution in [1.29, 1.82) is 0 Å². The standard InChI is InChI=1S/C61H88O6/c1-4-7-10-13-16-19-22-25-28-29-30-31-34-36-39-42-45-48-51-54-60(63)66-57-58(67-61(64)55-52-49-46-43-40-37-33-27-24-21-18-15-12-9-6-3)56-65-59(62)53-50-47-44-41-38-35-32-26-23-20-17-14-11-8-5-2/h7-12,14-21,23-28,30-33,36-37,39-40,45,48,58H,4-6,13,22,29,34-35,38,41-44,46-47,49-57H2,1-3H3/b10-7-,11-8-,12-9-,17-14-,18-15-,19-16-,23-20-,24-21-,28-25-,31-30-,32-26-,33-27-,39-36-,40-37-,48-45-. The molecule has 1 atom stereocenters. The fourth-order valence-electron chi connectivity index (χ4n) is 5.91. The maximum Gasteiger partial charge on any atom is 0.306 e. The highest BCUT2D eigenvalue weighted by Crippen LogP contribution is 2.11. The minimum Gasteiger partial charge on any atom is -0.462 e. The summed E-state index contributed by atoms with van der Waals surface area (Å²) in [5.41, 5.74) is 0. The van der Waals surface area contributed by atoms with Crippen molar-refractivity contribution in [2.45, 2.75) is 168 Å². The van der Waals surface area contributed by atoms with E-state index in [1.807, 2.05) is 85.1 Å². The largest absolute Gasteiger partial charge is 0.462 e. The van der Waals surface area contributed by atoms with Crippen LogP contribution in [-0.4, -0.2) is 37.2 Å². The molecule has 0 saturated heterocycles. The summed E-state index contributed by atoms with van der Waals surface area (Å²) in [6.07, 6.45) is 80.2. The van der Waals surface area contributed by atoms with Gasteiger partial charge >= 0.3 is 17.9 Å². The van der Waals surface area contributed by atoms with E-state index in [1.54, 1.807) is 0 Å². The second-order valence-electron chi connectivity index (χ2n) is 15.8. The second-order valence-corrected chi connectivity index (χ2v) is 15.8. The van der Waals surface area contributed by atoms with Crippen LogP contribution in [0.3, 0.4) is 0 Å². The fourth-order valence-corrected chi connectivity index (χ4v) is 5.91.